The van der Waals surface area contributed by atoms with Gasteiger partial charge in [0, 0.05) is 44.4 Å². The van der Waals surface area contributed by atoms with Crippen LogP contribution in [0.5, 0.6) is 11.5 Å². The van der Waals surface area contributed by atoms with Crippen molar-refractivity contribution in [1.29, 1.82) is 0 Å². The highest BCUT2D eigenvalue weighted by atomic mass is 16.5. The summed E-state index contributed by atoms with van der Waals surface area (Å²) in [5, 5.41) is 0. The molecular formula is C27H26N4O2. The Kier molecular flexibility index (Phi) is 4.88. The van der Waals surface area contributed by atoms with Gasteiger partial charge in [0.2, 0.25) is 5.91 Å². The van der Waals surface area contributed by atoms with E-state index in [1.54, 1.807) is 0 Å². The van der Waals surface area contributed by atoms with Crippen LogP contribution in [0.3, 0.4) is 0 Å². The van der Waals surface area contributed by atoms with E-state index in [1.165, 1.54) is 0 Å². The van der Waals surface area contributed by atoms with Crippen molar-refractivity contribution in [2.75, 3.05) is 26.2 Å². The van der Waals surface area contributed by atoms with Crippen LogP contribution in [0.1, 0.15) is 22.9 Å². The Morgan fingerprint density at radius 3 is 2.15 bits per heavy atom. The number of nitrogens with zero attached hydrogens (tertiary/aromatic N) is 4. The zero-order valence-corrected chi connectivity index (χ0v) is 18.6. The Bertz CT molecular complexity index is 1290. The fourth-order valence-corrected chi connectivity index (χ4v) is 5.02. The molecule has 6 heteroatoms. The van der Waals surface area contributed by atoms with Gasteiger partial charge in [-0.25, -0.2) is 4.98 Å². The SMILES string of the molecule is Cn1c(CN2CCN(C(=O)C3c4ccccc4Oc4ccccc43)CC2)nc2ccccc21. The van der Waals surface area contributed by atoms with Gasteiger partial charge in [-0.1, -0.05) is 48.5 Å². The minimum atomic E-state index is -0.322. The van der Waals surface area contributed by atoms with Crippen molar-refractivity contribution in [1.82, 2.24) is 19.4 Å². The highest BCUT2D eigenvalue weighted by molar-refractivity contribution is 5.89. The number of aromatic nitrogens is 2. The quantitative estimate of drug-likeness (QED) is 0.482. The molecular weight excluding hydrogens is 412 g/mol. The summed E-state index contributed by atoms with van der Waals surface area (Å²) < 4.78 is 8.25. The summed E-state index contributed by atoms with van der Waals surface area (Å²) in [6, 6.07) is 24.0. The lowest BCUT2D eigenvalue weighted by Gasteiger charge is -2.37. The normalized spacial score (nSPS) is 16.3. The number of benzene rings is 3. The van der Waals surface area contributed by atoms with Gasteiger partial charge >= 0.3 is 0 Å². The zero-order valence-electron chi connectivity index (χ0n) is 18.6. The van der Waals surface area contributed by atoms with Gasteiger partial charge in [-0.3, -0.25) is 9.69 Å². The van der Waals surface area contributed by atoms with Gasteiger partial charge in [-0.2, -0.15) is 0 Å². The number of ether oxygens (including phenoxy) is 1. The first kappa shape index (κ1) is 20.0. The van der Waals surface area contributed by atoms with E-state index in [1.807, 2.05) is 65.6 Å². The Labute approximate surface area is 193 Å². The van der Waals surface area contributed by atoms with Crippen LogP contribution < -0.4 is 4.74 Å². The third-order valence-corrected chi connectivity index (χ3v) is 6.86. The van der Waals surface area contributed by atoms with Crippen LogP contribution in [0.15, 0.2) is 72.8 Å². The number of carbonyl (C=O) groups excluding carboxylic acids is 1. The van der Waals surface area contributed by atoms with E-state index in [9.17, 15) is 4.79 Å². The van der Waals surface area contributed by atoms with E-state index >= 15 is 0 Å². The van der Waals surface area contributed by atoms with E-state index in [0.717, 1.165) is 59.1 Å². The number of hydrogen-bond acceptors (Lipinski definition) is 4. The second kappa shape index (κ2) is 8.05. The van der Waals surface area contributed by atoms with Gasteiger partial charge in [0.1, 0.15) is 17.3 Å². The number of para-hydroxylation sites is 4. The summed E-state index contributed by atoms with van der Waals surface area (Å²) in [6.45, 7) is 3.88. The monoisotopic (exact) mass is 438 g/mol. The molecule has 6 nitrogen and oxygen atoms in total. The number of fused-ring (bicyclic) bond motifs is 3. The number of amides is 1. The number of imidazole rings is 1. The second-order valence-corrected chi connectivity index (χ2v) is 8.79. The van der Waals surface area contributed by atoms with Crippen molar-refractivity contribution in [3.63, 3.8) is 0 Å². The highest BCUT2D eigenvalue weighted by Crippen LogP contribution is 2.44. The van der Waals surface area contributed by atoms with Crippen LogP contribution in [0.25, 0.3) is 11.0 Å². The maximum absolute atomic E-state index is 13.8. The van der Waals surface area contributed by atoms with Gasteiger partial charge < -0.3 is 14.2 Å². The van der Waals surface area contributed by atoms with Crippen molar-refractivity contribution in [3.8, 4) is 11.5 Å². The van der Waals surface area contributed by atoms with Crippen molar-refractivity contribution in [2.45, 2.75) is 12.5 Å². The highest BCUT2D eigenvalue weighted by Gasteiger charge is 2.36. The molecule has 4 aromatic rings. The smallest absolute Gasteiger partial charge is 0.234 e. The molecule has 0 N–H and O–H groups in total. The number of piperazine rings is 1. The van der Waals surface area contributed by atoms with Crippen molar-refractivity contribution < 1.29 is 9.53 Å². The van der Waals surface area contributed by atoms with Crippen LogP contribution in [0.4, 0.5) is 0 Å². The van der Waals surface area contributed by atoms with Gasteiger partial charge in [-0.05, 0) is 24.3 Å². The molecule has 33 heavy (non-hydrogen) atoms. The van der Waals surface area contributed by atoms with Crippen LogP contribution in [0.2, 0.25) is 0 Å². The molecule has 1 aromatic heterocycles. The molecule has 166 valence electrons. The number of rotatable bonds is 3. The predicted molar refractivity (Wildman–Crippen MR) is 127 cm³/mol. The summed E-state index contributed by atoms with van der Waals surface area (Å²) in [5.74, 6) is 2.44. The van der Waals surface area contributed by atoms with Crippen molar-refractivity contribution in [2.24, 2.45) is 7.05 Å². The summed E-state index contributed by atoms with van der Waals surface area (Å²) in [6.07, 6.45) is 0. The molecule has 3 heterocycles. The Hall–Kier alpha value is -3.64. The first-order valence-electron chi connectivity index (χ1n) is 11.5. The van der Waals surface area contributed by atoms with Crippen molar-refractivity contribution in [3.05, 3.63) is 89.7 Å². The molecule has 1 amide bonds. The van der Waals surface area contributed by atoms with Gasteiger partial charge in [0.05, 0.1) is 23.5 Å². The predicted octanol–water partition coefficient (Wildman–Crippen LogP) is 4.16. The Morgan fingerprint density at radius 2 is 1.48 bits per heavy atom. The zero-order chi connectivity index (χ0) is 22.4. The molecule has 0 atom stereocenters. The molecule has 2 aliphatic rings. The van der Waals surface area contributed by atoms with E-state index in [4.69, 9.17) is 9.72 Å². The van der Waals surface area contributed by atoms with E-state index in [0.29, 0.717) is 13.1 Å². The summed E-state index contributed by atoms with van der Waals surface area (Å²) >= 11 is 0. The first-order valence-corrected chi connectivity index (χ1v) is 11.5. The van der Waals surface area contributed by atoms with Crippen LogP contribution >= 0.6 is 0 Å². The average Bonchev–Trinajstić information content (AvgIpc) is 3.17. The third-order valence-electron chi connectivity index (χ3n) is 6.86. The summed E-state index contributed by atoms with van der Waals surface area (Å²) in [4.78, 5) is 23.0. The number of carbonyl (C=O) groups is 1. The minimum Gasteiger partial charge on any atom is -0.457 e. The van der Waals surface area contributed by atoms with Crippen LogP contribution in [0, 0.1) is 0 Å². The molecule has 0 aliphatic carbocycles. The minimum absolute atomic E-state index is 0.153. The van der Waals surface area contributed by atoms with E-state index < -0.39 is 0 Å². The number of aryl methyl sites for hydroxylation is 1. The van der Waals surface area contributed by atoms with Gasteiger partial charge in [0.25, 0.3) is 0 Å². The summed E-state index contributed by atoms with van der Waals surface area (Å²) in [5.41, 5.74) is 4.07. The van der Waals surface area contributed by atoms with Crippen molar-refractivity contribution >= 4 is 16.9 Å². The summed E-state index contributed by atoms with van der Waals surface area (Å²) in [7, 11) is 2.07. The average molecular weight is 439 g/mol. The lowest BCUT2D eigenvalue weighted by molar-refractivity contribution is -0.133. The lowest BCUT2D eigenvalue weighted by Crippen LogP contribution is -2.50. The molecule has 1 saturated heterocycles. The Morgan fingerprint density at radius 1 is 0.879 bits per heavy atom. The van der Waals surface area contributed by atoms with E-state index in [2.05, 4.69) is 28.6 Å². The largest absolute Gasteiger partial charge is 0.457 e. The topological polar surface area (TPSA) is 50.6 Å². The number of hydrogen-bond donors (Lipinski definition) is 0. The molecule has 0 radical (unpaired) electrons. The third kappa shape index (κ3) is 3.47. The molecule has 0 bridgehead atoms. The molecule has 1 fully saturated rings. The maximum Gasteiger partial charge on any atom is 0.234 e. The molecule has 0 unspecified atom stereocenters. The fourth-order valence-electron chi connectivity index (χ4n) is 5.02. The van der Waals surface area contributed by atoms with E-state index in [-0.39, 0.29) is 11.8 Å². The van der Waals surface area contributed by atoms with Crippen LogP contribution in [-0.2, 0) is 18.4 Å². The fraction of sp³-hybridized carbons (Fsp3) is 0.259. The van der Waals surface area contributed by atoms with Crippen LogP contribution in [-0.4, -0.2) is 51.4 Å². The maximum atomic E-state index is 13.8. The lowest BCUT2D eigenvalue weighted by atomic mass is 9.86. The standard InChI is InChI=1S/C27H26N4O2/c1-29-22-11-5-4-10-21(22)28-25(29)18-30-14-16-31(17-15-30)27(32)26-19-8-2-6-12-23(19)33-24-13-7-3-9-20(24)26/h2-13,26H,14-18H2,1H3. The second-order valence-electron chi connectivity index (χ2n) is 8.79. The molecule has 2 aliphatic heterocycles. The first-order chi connectivity index (χ1) is 16.2. The molecule has 6 rings (SSSR count). The molecule has 0 saturated carbocycles. The Balaban J connectivity index is 1.19. The van der Waals surface area contributed by atoms with Gasteiger partial charge in [-0.15, -0.1) is 0 Å². The molecule has 3 aromatic carbocycles. The van der Waals surface area contributed by atoms with Gasteiger partial charge in [0.15, 0.2) is 0 Å². The molecule has 0 spiro atoms.